The minimum absolute atomic E-state index is 0.871. The molecular weight excluding hydrogens is 338 g/mol. The van der Waals surface area contributed by atoms with Crippen LogP contribution in [0.25, 0.3) is 43.7 Å². The Balaban J connectivity index is 1.83. The summed E-state index contributed by atoms with van der Waals surface area (Å²) in [6.07, 6.45) is 1.73. The van der Waals surface area contributed by atoms with Crippen molar-refractivity contribution in [3.05, 3.63) is 78.9 Å². The van der Waals surface area contributed by atoms with Gasteiger partial charge in [0.2, 0.25) is 0 Å². The Kier molecular flexibility index (Phi) is 3.52. The molecule has 0 fully saturated rings. The fourth-order valence-corrected chi connectivity index (χ4v) is 4.53. The second kappa shape index (κ2) is 5.90. The Morgan fingerprint density at radius 3 is 2.42 bits per heavy atom. The van der Waals surface area contributed by atoms with Crippen molar-refractivity contribution in [2.75, 3.05) is 6.26 Å². The molecule has 0 saturated heterocycles. The van der Waals surface area contributed by atoms with Gasteiger partial charge in [-0.15, -0.1) is 0 Å². The molecule has 1 heterocycles. The lowest BCUT2D eigenvalue weighted by molar-refractivity contribution is 0.601. The summed E-state index contributed by atoms with van der Waals surface area (Å²) in [5, 5.41) is 4.86. The molecule has 0 bridgehead atoms. The number of nitrogens with one attached hydrogen (secondary N) is 1. The normalized spacial score (nSPS) is 12.8. The average Bonchev–Trinajstić information content (AvgIpc) is 3.07. The lowest BCUT2D eigenvalue weighted by atomic mass is 9.99. The number of fused-ring (bicyclic) bond motifs is 5. The van der Waals surface area contributed by atoms with Gasteiger partial charge in [0.15, 0.2) is 4.90 Å². The van der Waals surface area contributed by atoms with Gasteiger partial charge in [0.1, 0.15) is 6.26 Å². The van der Waals surface area contributed by atoms with E-state index in [1.807, 2.05) is 24.3 Å². The predicted octanol–water partition coefficient (Wildman–Crippen LogP) is 5.88. The van der Waals surface area contributed by atoms with Gasteiger partial charge in [-0.3, -0.25) is 0 Å². The van der Waals surface area contributed by atoms with Crippen LogP contribution in [0.4, 0.5) is 0 Å². The SMILES string of the molecule is C[S+]([O-])c1ccccc1-c1ccc2ccc3c4ccccc4[nH]c3c2c1. The van der Waals surface area contributed by atoms with E-state index in [4.69, 9.17) is 0 Å². The van der Waals surface area contributed by atoms with E-state index >= 15 is 0 Å². The summed E-state index contributed by atoms with van der Waals surface area (Å²) in [6, 6.07) is 27.1. The fourth-order valence-electron chi connectivity index (χ4n) is 3.76. The molecule has 0 amide bonds. The van der Waals surface area contributed by atoms with Gasteiger partial charge in [-0.05, 0) is 46.4 Å². The van der Waals surface area contributed by atoms with E-state index in [1.165, 1.54) is 21.5 Å². The third kappa shape index (κ3) is 2.32. The van der Waals surface area contributed by atoms with Crippen LogP contribution < -0.4 is 0 Å². The molecule has 0 spiro atoms. The van der Waals surface area contributed by atoms with E-state index < -0.39 is 11.2 Å². The van der Waals surface area contributed by atoms with Crippen molar-refractivity contribution in [2.45, 2.75) is 4.90 Å². The standard InChI is InChI=1S/C23H17NOS/c1-26(25)22-9-5-3-6-17(22)16-11-10-15-12-13-19-18-7-2-4-8-21(18)24-23(19)20(15)14-16/h2-14,24H,1H3. The highest BCUT2D eigenvalue weighted by molar-refractivity contribution is 7.90. The van der Waals surface area contributed by atoms with Crippen LogP contribution in [0.1, 0.15) is 0 Å². The molecule has 1 aromatic heterocycles. The summed E-state index contributed by atoms with van der Waals surface area (Å²) in [7, 11) is 0. The first-order chi connectivity index (χ1) is 12.7. The van der Waals surface area contributed by atoms with Crippen LogP contribution in [0.15, 0.2) is 83.8 Å². The van der Waals surface area contributed by atoms with Crippen LogP contribution in [-0.2, 0) is 11.2 Å². The zero-order valence-corrected chi connectivity index (χ0v) is 15.1. The van der Waals surface area contributed by atoms with Crippen LogP contribution in [0, 0.1) is 0 Å². The number of aromatic nitrogens is 1. The maximum absolute atomic E-state index is 12.1. The second-order valence-corrected chi connectivity index (χ2v) is 7.89. The van der Waals surface area contributed by atoms with Crippen molar-refractivity contribution >= 4 is 43.8 Å². The molecule has 3 heteroatoms. The van der Waals surface area contributed by atoms with Gasteiger partial charge in [0, 0.05) is 27.2 Å². The summed E-state index contributed by atoms with van der Waals surface area (Å²) in [6.45, 7) is 0. The highest BCUT2D eigenvalue weighted by atomic mass is 32.2. The number of H-pyrrole nitrogens is 1. The molecule has 1 atom stereocenters. The minimum Gasteiger partial charge on any atom is -0.612 e. The third-order valence-corrected chi connectivity index (χ3v) is 5.98. The molecule has 0 aliphatic rings. The Bertz CT molecular complexity index is 1270. The molecule has 1 N–H and O–H groups in total. The maximum atomic E-state index is 12.1. The summed E-state index contributed by atoms with van der Waals surface area (Å²) in [5.41, 5.74) is 4.42. The van der Waals surface area contributed by atoms with E-state index in [9.17, 15) is 4.55 Å². The molecule has 0 aliphatic carbocycles. The van der Waals surface area contributed by atoms with Crippen molar-refractivity contribution in [3.63, 3.8) is 0 Å². The maximum Gasteiger partial charge on any atom is 0.160 e. The highest BCUT2D eigenvalue weighted by Crippen LogP contribution is 2.35. The molecule has 0 aliphatic heterocycles. The molecule has 26 heavy (non-hydrogen) atoms. The smallest absolute Gasteiger partial charge is 0.160 e. The largest absolute Gasteiger partial charge is 0.612 e. The first kappa shape index (κ1) is 15.5. The first-order valence-electron chi connectivity index (χ1n) is 8.58. The lowest BCUT2D eigenvalue weighted by Gasteiger charge is -2.11. The quantitative estimate of drug-likeness (QED) is 0.395. The number of hydrogen-bond donors (Lipinski definition) is 1. The van der Waals surface area contributed by atoms with Crippen LogP contribution in [0.5, 0.6) is 0 Å². The first-order valence-corrected chi connectivity index (χ1v) is 10.1. The van der Waals surface area contributed by atoms with Gasteiger partial charge in [-0.2, -0.15) is 0 Å². The number of para-hydroxylation sites is 1. The zero-order valence-electron chi connectivity index (χ0n) is 14.3. The van der Waals surface area contributed by atoms with Gasteiger partial charge >= 0.3 is 0 Å². The minimum atomic E-state index is -1.02. The molecule has 5 aromatic rings. The van der Waals surface area contributed by atoms with E-state index in [0.717, 1.165) is 27.1 Å². The number of aromatic amines is 1. The van der Waals surface area contributed by atoms with Gasteiger partial charge in [-0.1, -0.05) is 54.6 Å². The molecule has 1 unspecified atom stereocenters. The van der Waals surface area contributed by atoms with Crippen molar-refractivity contribution < 1.29 is 4.55 Å². The Morgan fingerprint density at radius 2 is 1.54 bits per heavy atom. The molecular formula is C23H17NOS. The van der Waals surface area contributed by atoms with Gasteiger partial charge in [0.25, 0.3) is 0 Å². The van der Waals surface area contributed by atoms with Gasteiger partial charge < -0.3 is 9.54 Å². The summed E-state index contributed by atoms with van der Waals surface area (Å²) in [4.78, 5) is 4.45. The van der Waals surface area contributed by atoms with Crippen molar-refractivity contribution in [2.24, 2.45) is 0 Å². The molecule has 5 rings (SSSR count). The van der Waals surface area contributed by atoms with Crippen LogP contribution >= 0.6 is 0 Å². The molecule has 4 aromatic carbocycles. The summed E-state index contributed by atoms with van der Waals surface area (Å²) in [5.74, 6) is 0. The van der Waals surface area contributed by atoms with E-state index in [-0.39, 0.29) is 0 Å². The van der Waals surface area contributed by atoms with Crippen molar-refractivity contribution in [1.29, 1.82) is 0 Å². The van der Waals surface area contributed by atoms with E-state index in [2.05, 4.69) is 59.6 Å². The molecule has 126 valence electrons. The second-order valence-electron chi connectivity index (χ2n) is 6.54. The van der Waals surface area contributed by atoms with Crippen LogP contribution in [0.2, 0.25) is 0 Å². The van der Waals surface area contributed by atoms with Gasteiger partial charge in [-0.25, -0.2) is 0 Å². The topological polar surface area (TPSA) is 38.8 Å². The number of hydrogen-bond acceptors (Lipinski definition) is 1. The summed E-state index contributed by atoms with van der Waals surface area (Å²) >= 11 is -1.02. The third-order valence-electron chi connectivity index (χ3n) is 5.01. The van der Waals surface area contributed by atoms with E-state index in [0.29, 0.717) is 0 Å². The van der Waals surface area contributed by atoms with E-state index in [1.54, 1.807) is 6.26 Å². The summed E-state index contributed by atoms with van der Waals surface area (Å²) < 4.78 is 12.1. The Labute approximate surface area is 154 Å². The lowest BCUT2D eigenvalue weighted by Crippen LogP contribution is -1.99. The molecule has 0 radical (unpaired) electrons. The van der Waals surface area contributed by atoms with Crippen molar-refractivity contribution in [3.8, 4) is 11.1 Å². The van der Waals surface area contributed by atoms with Gasteiger partial charge in [0.05, 0.1) is 5.52 Å². The average molecular weight is 355 g/mol. The monoisotopic (exact) mass is 355 g/mol. The van der Waals surface area contributed by atoms with Crippen LogP contribution in [0.3, 0.4) is 0 Å². The predicted molar refractivity (Wildman–Crippen MR) is 111 cm³/mol. The Hall–Kier alpha value is -2.75. The highest BCUT2D eigenvalue weighted by Gasteiger charge is 2.14. The molecule has 0 saturated carbocycles. The number of rotatable bonds is 2. The zero-order chi connectivity index (χ0) is 17.7. The van der Waals surface area contributed by atoms with Crippen LogP contribution in [-0.4, -0.2) is 15.8 Å². The Morgan fingerprint density at radius 1 is 0.769 bits per heavy atom. The van der Waals surface area contributed by atoms with Crippen molar-refractivity contribution in [1.82, 2.24) is 4.98 Å². The fraction of sp³-hybridized carbons (Fsp3) is 0.0435. The molecule has 2 nitrogen and oxygen atoms in total. The number of benzene rings is 4.